The van der Waals surface area contributed by atoms with E-state index in [1.54, 1.807) is 19.1 Å². The minimum absolute atomic E-state index is 0.116. The summed E-state index contributed by atoms with van der Waals surface area (Å²) in [5.41, 5.74) is 2.55. The number of fused-ring (bicyclic) bond motifs is 1. The summed E-state index contributed by atoms with van der Waals surface area (Å²) in [6.45, 7) is 1.48. The standard InChI is InChI=1S/C20H18N2O4/c1-13-18(15-9-5-6-10-16(15)22-13)19(24)20(25)21-11-17(23)26-12-14-7-3-2-4-8-14/h2-10,22H,11-12H2,1H3,(H,21,25). The number of hydrogen-bond acceptors (Lipinski definition) is 4. The van der Waals surface area contributed by atoms with E-state index < -0.39 is 17.7 Å². The molecule has 132 valence electrons. The van der Waals surface area contributed by atoms with E-state index >= 15 is 0 Å². The van der Waals surface area contributed by atoms with Gasteiger partial charge < -0.3 is 15.0 Å². The summed E-state index contributed by atoms with van der Waals surface area (Å²) in [5, 5.41) is 3.00. The van der Waals surface area contributed by atoms with Gasteiger partial charge in [-0.15, -0.1) is 0 Å². The molecule has 0 aliphatic rings. The van der Waals surface area contributed by atoms with Gasteiger partial charge in [0, 0.05) is 16.6 Å². The Balaban J connectivity index is 1.58. The smallest absolute Gasteiger partial charge is 0.325 e. The Hall–Kier alpha value is -3.41. The zero-order valence-electron chi connectivity index (χ0n) is 14.2. The van der Waals surface area contributed by atoms with Crippen LogP contribution in [0, 0.1) is 6.92 Å². The predicted molar refractivity (Wildman–Crippen MR) is 96.6 cm³/mol. The minimum atomic E-state index is -0.838. The lowest BCUT2D eigenvalue weighted by Crippen LogP contribution is -2.35. The molecule has 3 rings (SSSR count). The molecule has 1 heterocycles. The van der Waals surface area contributed by atoms with Crippen molar-refractivity contribution in [2.75, 3.05) is 6.54 Å². The monoisotopic (exact) mass is 350 g/mol. The molecule has 0 aliphatic carbocycles. The maximum Gasteiger partial charge on any atom is 0.325 e. The van der Waals surface area contributed by atoms with Crippen LogP contribution in [0.3, 0.4) is 0 Å². The first kappa shape index (κ1) is 17.4. The molecule has 0 unspecified atom stereocenters. The van der Waals surface area contributed by atoms with Crippen molar-refractivity contribution in [3.05, 3.63) is 71.4 Å². The number of benzene rings is 2. The fraction of sp³-hybridized carbons (Fsp3) is 0.150. The van der Waals surface area contributed by atoms with E-state index in [1.165, 1.54) is 0 Å². The van der Waals surface area contributed by atoms with Crippen molar-refractivity contribution in [1.82, 2.24) is 10.3 Å². The first-order valence-corrected chi connectivity index (χ1v) is 8.15. The van der Waals surface area contributed by atoms with E-state index in [0.717, 1.165) is 11.1 Å². The lowest BCUT2D eigenvalue weighted by molar-refractivity contribution is -0.144. The van der Waals surface area contributed by atoms with Gasteiger partial charge in [-0.05, 0) is 18.6 Å². The second-order valence-electron chi connectivity index (χ2n) is 5.83. The van der Waals surface area contributed by atoms with Gasteiger partial charge >= 0.3 is 5.97 Å². The van der Waals surface area contributed by atoms with Crippen LogP contribution in [0.4, 0.5) is 0 Å². The number of carbonyl (C=O) groups is 3. The van der Waals surface area contributed by atoms with E-state index in [-0.39, 0.29) is 13.2 Å². The number of ether oxygens (including phenoxy) is 1. The van der Waals surface area contributed by atoms with Crippen LogP contribution in [0.25, 0.3) is 10.9 Å². The molecule has 26 heavy (non-hydrogen) atoms. The van der Waals surface area contributed by atoms with Crippen LogP contribution < -0.4 is 5.32 Å². The van der Waals surface area contributed by atoms with Gasteiger partial charge in [0.15, 0.2) is 0 Å². The molecule has 0 atom stereocenters. The third kappa shape index (κ3) is 3.80. The zero-order valence-corrected chi connectivity index (χ0v) is 14.2. The topological polar surface area (TPSA) is 88.3 Å². The molecule has 0 bridgehead atoms. The number of esters is 1. The second kappa shape index (κ2) is 7.65. The molecule has 3 aromatic rings. The lowest BCUT2D eigenvalue weighted by atomic mass is 10.1. The number of aryl methyl sites for hydroxylation is 1. The van der Waals surface area contributed by atoms with E-state index in [9.17, 15) is 14.4 Å². The highest BCUT2D eigenvalue weighted by atomic mass is 16.5. The van der Waals surface area contributed by atoms with Gasteiger partial charge in [-0.25, -0.2) is 0 Å². The lowest BCUT2D eigenvalue weighted by Gasteiger charge is -2.06. The molecule has 6 heteroatoms. The van der Waals surface area contributed by atoms with Gasteiger partial charge in [-0.1, -0.05) is 48.5 Å². The average molecular weight is 350 g/mol. The summed E-state index contributed by atoms with van der Waals surface area (Å²) in [6, 6.07) is 16.4. The van der Waals surface area contributed by atoms with E-state index in [0.29, 0.717) is 16.6 Å². The minimum Gasteiger partial charge on any atom is -0.460 e. The number of aromatic nitrogens is 1. The molecule has 0 saturated heterocycles. The second-order valence-corrected chi connectivity index (χ2v) is 5.83. The Kier molecular flexibility index (Phi) is 5.12. The summed E-state index contributed by atoms with van der Waals surface area (Å²) >= 11 is 0. The number of para-hydroxylation sites is 1. The van der Waals surface area contributed by atoms with E-state index in [4.69, 9.17) is 4.74 Å². The fourth-order valence-electron chi connectivity index (χ4n) is 2.70. The third-order valence-corrected chi connectivity index (χ3v) is 3.96. The molecule has 6 nitrogen and oxygen atoms in total. The summed E-state index contributed by atoms with van der Waals surface area (Å²) in [5.74, 6) is -2.13. The SMILES string of the molecule is Cc1[nH]c2ccccc2c1C(=O)C(=O)NCC(=O)OCc1ccccc1. The number of amides is 1. The number of hydrogen-bond donors (Lipinski definition) is 2. The molecular formula is C20H18N2O4. The molecule has 1 amide bonds. The molecule has 0 aliphatic heterocycles. The molecule has 0 saturated carbocycles. The number of carbonyl (C=O) groups excluding carboxylic acids is 3. The zero-order chi connectivity index (χ0) is 18.5. The van der Waals surface area contributed by atoms with Gasteiger partial charge in [0.25, 0.3) is 11.7 Å². The number of aromatic amines is 1. The number of H-pyrrole nitrogens is 1. The largest absolute Gasteiger partial charge is 0.460 e. The maximum absolute atomic E-state index is 12.4. The summed E-state index contributed by atoms with van der Waals surface area (Å²) < 4.78 is 5.07. The Labute approximate surface area is 150 Å². The van der Waals surface area contributed by atoms with Crippen LogP contribution in [0.1, 0.15) is 21.6 Å². The summed E-state index contributed by atoms with van der Waals surface area (Å²) in [6.07, 6.45) is 0. The van der Waals surface area contributed by atoms with E-state index in [1.807, 2.05) is 42.5 Å². The molecular weight excluding hydrogens is 332 g/mol. The Bertz CT molecular complexity index is 960. The Morgan fingerprint density at radius 3 is 2.46 bits per heavy atom. The summed E-state index contributed by atoms with van der Waals surface area (Å²) in [4.78, 5) is 39.4. The van der Waals surface area contributed by atoms with Crippen molar-refractivity contribution in [2.24, 2.45) is 0 Å². The molecule has 2 N–H and O–H groups in total. The van der Waals surface area contributed by atoms with Gasteiger partial charge in [0.2, 0.25) is 0 Å². The average Bonchev–Trinajstić information content (AvgIpc) is 3.00. The number of ketones is 1. The van der Waals surface area contributed by atoms with Crippen molar-refractivity contribution >= 4 is 28.6 Å². The fourth-order valence-corrected chi connectivity index (χ4v) is 2.70. The van der Waals surface area contributed by atoms with Crippen LogP contribution >= 0.6 is 0 Å². The quantitative estimate of drug-likeness (QED) is 0.406. The number of Topliss-reactive ketones (excluding diaryl/α,β-unsaturated/α-hetero) is 1. The molecule has 0 spiro atoms. The number of nitrogens with one attached hydrogen (secondary N) is 2. The Morgan fingerprint density at radius 2 is 1.69 bits per heavy atom. The van der Waals surface area contributed by atoms with Crippen molar-refractivity contribution in [1.29, 1.82) is 0 Å². The first-order chi connectivity index (χ1) is 12.6. The predicted octanol–water partition coefficient (Wildman–Crippen LogP) is 2.52. The van der Waals surface area contributed by atoms with Crippen LogP contribution in [-0.4, -0.2) is 29.2 Å². The van der Waals surface area contributed by atoms with Crippen LogP contribution in [0.2, 0.25) is 0 Å². The van der Waals surface area contributed by atoms with Gasteiger partial charge in [-0.2, -0.15) is 0 Å². The van der Waals surface area contributed by atoms with Crippen LogP contribution in [-0.2, 0) is 20.9 Å². The number of rotatable bonds is 6. The maximum atomic E-state index is 12.4. The molecule has 0 fully saturated rings. The van der Waals surface area contributed by atoms with Crippen molar-refractivity contribution in [3.63, 3.8) is 0 Å². The van der Waals surface area contributed by atoms with Crippen molar-refractivity contribution < 1.29 is 19.1 Å². The van der Waals surface area contributed by atoms with Crippen molar-refractivity contribution in [3.8, 4) is 0 Å². The van der Waals surface area contributed by atoms with E-state index in [2.05, 4.69) is 10.3 Å². The highest BCUT2D eigenvalue weighted by Gasteiger charge is 2.23. The highest BCUT2D eigenvalue weighted by molar-refractivity contribution is 6.45. The summed E-state index contributed by atoms with van der Waals surface area (Å²) in [7, 11) is 0. The Morgan fingerprint density at radius 1 is 1.00 bits per heavy atom. The van der Waals surface area contributed by atoms with Gasteiger partial charge in [0.05, 0.1) is 5.56 Å². The highest BCUT2D eigenvalue weighted by Crippen LogP contribution is 2.22. The van der Waals surface area contributed by atoms with Gasteiger partial charge in [0.1, 0.15) is 13.2 Å². The normalized spacial score (nSPS) is 10.5. The molecule has 1 aromatic heterocycles. The van der Waals surface area contributed by atoms with Gasteiger partial charge in [-0.3, -0.25) is 14.4 Å². The van der Waals surface area contributed by atoms with Crippen LogP contribution in [0.5, 0.6) is 0 Å². The molecule has 2 aromatic carbocycles. The molecule has 0 radical (unpaired) electrons. The third-order valence-electron chi connectivity index (χ3n) is 3.96. The first-order valence-electron chi connectivity index (χ1n) is 8.15. The van der Waals surface area contributed by atoms with Crippen molar-refractivity contribution in [2.45, 2.75) is 13.5 Å². The van der Waals surface area contributed by atoms with Crippen LogP contribution in [0.15, 0.2) is 54.6 Å².